The van der Waals surface area contributed by atoms with E-state index in [1.807, 2.05) is 30.3 Å². The second kappa shape index (κ2) is 9.08. The second-order valence-corrected chi connectivity index (χ2v) is 10.3. The smallest absolute Gasteiger partial charge is 0.233 e. The maximum Gasteiger partial charge on any atom is 0.233 e. The van der Waals surface area contributed by atoms with Gasteiger partial charge in [0.25, 0.3) is 0 Å². The Morgan fingerprint density at radius 3 is 2.00 bits per heavy atom. The molecule has 0 aliphatic heterocycles. The topological polar surface area (TPSA) is 34.1 Å². The van der Waals surface area contributed by atoms with Crippen LogP contribution in [0.2, 0.25) is 0 Å². The molecule has 6 aromatic carbocycles. The van der Waals surface area contributed by atoms with Crippen molar-refractivity contribution in [2.75, 3.05) is 0 Å². The van der Waals surface area contributed by atoms with Crippen LogP contribution >= 0.6 is 0 Å². The van der Waals surface area contributed by atoms with Gasteiger partial charge in [0.2, 0.25) is 11.6 Å². The predicted octanol–water partition coefficient (Wildman–Crippen LogP) is 8.64. The molecule has 38 heavy (non-hydrogen) atoms. The van der Waals surface area contributed by atoms with E-state index >= 15 is 0 Å². The number of Topliss-reactive ketones (excluding diaryl/α,β-unsaturated/α-hetero) is 1. The fourth-order valence-electron chi connectivity index (χ4n) is 6.06. The third kappa shape index (κ3) is 3.81. The van der Waals surface area contributed by atoms with Crippen LogP contribution in [0.4, 0.5) is 0 Å². The second-order valence-electron chi connectivity index (χ2n) is 10.3. The molecule has 0 spiro atoms. The monoisotopic (exact) mass is 490 g/mol. The van der Waals surface area contributed by atoms with Crippen LogP contribution in [0.15, 0.2) is 103 Å². The molecule has 0 saturated heterocycles. The van der Waals surface area contributed by atoms with E-state index in [2.05, 4.69) is 66.7 Å². The Morgan fingerprint density at radius 2 is 1.18 bits per heavy atom. The number of allylic oxidation sites excluding steroid dienone is 1. The molecule has 2 nitrogen and oxygen atoms in total. The molecule has 0 radical (unpaired) electrons. The molecular weight excluding hydrogens is 464 g/mol. The highest BCUT2D eigenvalue weighted by Gasteiger charge is 2.21. The summed E-state index contributed by atoms with van der Waals surface area (Å²) in [6.45, 7) is 0. The fourth-order valence-corrected chi connectivity index (χ4v) is 6.06. The maximum atomic E-state index is 11.9. The number of ketones is 2. The predicted molar refractivity (Wildman–Crippen MR) is 158 cm³/mol. The highest BCUT2D eigenvalue weighted by Crippen LogP contribution is 2.33. The van der Waals surface area contributed by atoms with Gasteiger partial charge in [0, 0.05) is 5.56 Å². The van der Waals surface area contributed by atoms with Crippen LogP contribution < -0.4 is 0 Å². The quantitative estimate of drug-likeness (QED) is 0.121. The summed E-state index contributed by atoms with van der Waals surface area (Å²) in [5.74, 6) is -0.866. The zero-order chi connectivity index (χ0) is 25.6. The summed E-state index contributed by atoms with van der Waals surface area (Å²) in [4.78, 5) is 23.4. The van der Waals surface area contributed by atoms with Crippen molar-refractivity contribution in [2.45, 2.75) is 25.7 Å². The number of benzene rings is 6. The van der Waals surface area contributed by atoms with Gasteiger partial charge in [-0.2, -0.15) is 0 Å². The van der Waals surface area contributed by atoms with E-state index < -0.39 is 11.6 Å². The normalized spacial score (nSPS) is 14.4. The number of fused-ring (bicyclic) bond motifs is 8. The van der Waals surface area contributed by atoms with E-state index in [1.54, 1.807) is 17.2 Å². The lowest BCUT2D eigenvalue weighted by Gasteiger charge is -2.18. The molecule has 0 atom stereocenters. The SMILES string of the molecule is O=C1C=Cc2cc3cc4ccccc4cc3cc2C1=O.c1ccc2c(c1)ccc1c3c(ccc12)CCCC3. The molecule has 0 unspecified atom stereocenters. The first kappa shape index (κ1) is 22.6. The number of carbonyl (C=O) groups is 2. The minimum Gasteiger partial charge on any atom is -0.286 e. The first-order valence-electron chi connectivity index (χ1n) is 13.3. The number of carbonyl (C=O) groups excluding carboxylic acids is 2. The average Bonchev–Trinajstić information content (AvgIpc) is 2.97. The third-order valence-corrected chi connectivity index (χ3v) is 8.01. The van der Waals surface area contributed by atoms with Gasteiger partial charge < -0.3 is 0 Å². The minimum atomic E-state index is -0.447. The third-order valence-electron chi connectivity index (χ3n) is 8.01. The number of rotatable bonds is 0. The minimum absolute atomic E-state index is 0.419. The van der Waals surface area contributed by atoms with Crippen molar-refractivity contribution in [2.24, 2.45) is 0 Å². The first-order valence-corrected chi connectivity index (χ1v) is 13.3. The lowest BCUT2D eigenvalue weighted by molar-refractivity contribution is -0.110. The summed E-state index contributed by atoms with van der Waals surface area (Å²) < 4.78 is 0. The molecule has 0 heterocycles. The van der Waals surface area contributed by atoms with Crippen LogP contribution in [-0.4, -0.2) is 11.6 Å². The Kier molecular flexibility index (Phi) is 5.40. The molecule has 2 aliphatic rings. The van der Waals surface area contributed by atoms with Crippen molar-refractivity contribution in [1.29, 1.82) is 0 Å². The lowest BCUT2D eigenvalue weighted by Crippen LogP contribution is -2.15. The zero-order valence-electron chi connectivity index (χ0n) is 21.0. The Hall–Kier alpha value is -4.56. The van der Waals surface area contributed by atoms with Crippen molar-refractivity contribution in [3.63, 3.8) is 0 Å². The van der Waals surface area contributed by atoms with E-state index in [0.29, 0.717) is 5.56 Å². The van der Waals surface area contributed by atoms with Gasteiger partial charge in [-0.1, -0.05) is 78.9 Å². The van der Waals surface area contributed by atoms with Crippen molar-refractivity contribution in [3.8, 4) is 0 Å². The van der Waals surface area contributed by atoms with Gasteiger partial charge in [0.05, 0.1) is 0 Å². The van der Waals surface area contributed by atoms with E-state index in [0.717, 1.165) is 21.7 Å². The molecule has 182 valence electrons. The number of aryl methyl sites for hydroxylation is 2. The summed E-state index contributed by atoms with van der Waals surface area (Å²) in [6, 6.07) is 34.0. The van der Waals surface area contributed by atoms with Crippen molar-refractivity contribution >= 4 is 60.7 Å². The van der Waals surface area contributed by atoms with Gasteiger partial charge in [-0.3, -0.25) is 9.59 Å². The van der Waals surface area contributed by atoms with Gasteiger partial charge in [-0.25, -0.2) is 0 Å². The fraction of sp³-hybridized carbons (Fsp3) is 0.111. The molecule has 0 N–H and O–H groups in total. The van der Waals surface area contributed by atoms with Crippen molar-refractivity contribution < 1.29 is 9.59 Å². The average molecular weight is 491 g/mol. The van der Waals surface area contributed by atoms with Gasteiger partial charge in [-0.15, -0.1) is 0 Å². The molecule has 8 rings (SSSR count). The Labute approximate surface area is 221 Å². The van der Waals surface area contributed by atoms with Crippen LogP contribution in [0.1, 0.15) is 39.9 Å². The van der Waals surface area contributed by atoms with Crippen molar-refractivity contribution in [3.05, 3.63) is 125 Å². The highest BCUT2D eigenvalue weighted by atomic mass is 16.2. The number of hydrogen-bond donors (Lipinski definition) is 0. The van der Waals surface area contributed by atoms with E-state index in [1.165, 1.54) is 58.7 Å². The van der Waals surface area contributed by atoms with Gasteiger partial charge in [0.15, 0.2) is 0 Å². The van der Waals surface area contributed by atoms with Gasteiger partial charge >= 0.3 is 0 Å². The van der Waals surface area contributed by atoms with Crippen LogP contribution in [0.5, 0.6) is 0 Å². The molecule has 6 aromatic rings. The van der Waals surface area contributed by atoms with Crippen LogP contribution in [-0.2, 0) is 17.6 Å². The summed E-state index contributed by atoms with van der Waals surface area (Å²) in [7, 11) is 0. The summed E-state index contributed by atoms with van der Waals surface area (Å²) in [6.07, 6.45) is 8.28. The van der Waals surface area contributed by atoms with E-state index in [4.69, 9.17) is 0 Å². The highest BCUT2D eigenvalue weighted by molar-refractivity contribution is 6.50. The van der Waals surface area contributed by atoms with Gasteiger partial charge in [-0.05, 0) is 116 Å². The van der Waals surface area contributed by atoms with Gasteiger partial charge in [0.1, 0.15) is 0 Å². The summed E-state index contributed by atoms with van der Waals surface area (Å²) >= 11 is 0. The van der Waals surface area contributed by atoms with Crippen LogP contribution in [0.3, 0.4) is 0 Å². The molecule has 0 saturated carbocycles. The molecule has 0 bridgehead atoms. The Balaban J connectivity index is 0.000000128. The molecule has 0 fully saturated rings. The Bertz CT molecular complexity index is 1960. The largest absolute Gasteiger partial charge is 0.286 e. The number of hydrogen-bond acceptors (Lipinski definition) is 2. The molecule has 2 aliphatic carbocycles. The van der Waals surface area contributed by atoms with E-state index in [9.17, 15) is 9.59 Å². The lowest BCUT2D eigenvalue weighted by atomic mass is 9.86. The van der Waals surface area contributed by atoms with Crippen LogP contribution in [0.25, 0.3) is 49.2 Å². The molecular formula is C36H26O2. The maximum absolute atomic E-state index is 11.9. The standard InChI is InChI=1S/C18H10O2.C18H16/c19-17-6-5-13-9-14-7-11-3-1-2-4-12(11)8-15(14)10-16(13)18(17)20;1-3-7-15-13(5-1)9-11-18-16-8-4-2-6-14(16)10-12-17(15)18/h1-10H;1,3,5,7,9-12H,2,4,6,8H2. The van der Waals surface area contributed by atoms with Crippen LogP contribution in [0, 0.1) is 0 Å². The summed E-state index contributed by atoms with van der Waals surface area (Å²) in [5, 5.41) is 10.0. The Morgan fingerprint density at radius 1 is 0.500 bits per heavy atom. The molecule has 0 aromatic heterocycles. The zero-order valence-corrected chi connectivity index (χ0v) is 21.0. The molecule has 2 heteroatoms. The van der Waals surface area contributed by atoms with E-state index in [-0.39, 0.29) is 0 Å². The van der Waals surface area contributed by atoms with Crippen molar-refractivity contribution in [1.82, 2.24) is 0 Å². The summed E-state index contributed by atoms with van der Waals surface area (Å²) in [5.41, 5.74) is 4.49. The molecule has 0 amide bonds. The first-order chi connectivity index (χ1) is 18.7.